The van der Waals surface area contributed by atoms with Gasteiger partial charge in [0.2, 0.25) is 5.91 Å². The average molecular weight is 451 g/mol. The monoisotopic (exact) mass is 451 g/mol. The number of nitriles is 1. The average Bonchev–Trinajstić information content (AvgIpc) is 3.71. The lowest BCUT2D eigenvalue weighted by molar-refractivity contribution is -0.144. The van der Waals surface area contributed by atoms with Crippen LogP contribution >= 0.6 is 0 Å². The minimum atomic E-state index is -4.52. The number of hydrogen-bond acceptors (Lipinski definition) is 4. The molecule has 6 nitrogen and oxygen atoms in total. The maximum absolute atomic E-state index is 13.4. The van der Waals surface area contributed by atoms with Crippen LogP contribution in [-0.4, -0.2) is 20.7 Å². The van der Waals surface area contributed by atoms with Gasteiger partial charge in [0.05, 0.1) is 17.7 Å². The molecule has 3 saturated carbocycles. The molecule has 1 amide bonds. The fraction of sp³-hybridized carbons (Fsp3) is 0.417. The van der Waals surface area contributed by atoms with E-state index in [-0.39, 0.29) is 16.9 Å². The summed E-state index contributed by atoms with van der Waals surface area (Å²) in [5.74, 6) is -1.07. The van der Waals surface area contributed by atoms with Crippen LogP contribution < -0.4 is 5.32 Å². The molecule has 0 aliphatic heterocycles. The van der Waals surface area contributed by atoms with E-state index in [1.807, 2.05) is 18.2 Å². The summed E-state index contributed by atoms with van der Waals surface area (Å²) >= 11 is 0. The van der Waals surface area contributed by atoms with Crippen molar-refractivity contribution in [2.24, 2.45) is 18.4 Å². The van der Waals surface area contributed by atoms with Gasteiger partial charge in [0.15, 0.2) is 0 Å². The number of carbonyl (C=O) groups is 1. The molecule has 9 heteroatoms. The third kappa shape index (κ3) is 2.96. The normalized spacial score (nSPS) is 26.8. The molecule has 168 valence electrons. The van der Waals surface area contributed by atoms with E-state index in [2.05, 4.69) is 21.5 Å². The Morgan fingerprint density at radius 3 is 2.70 bits per heavy atom. The molecule has 0 unspecified atom stereocenters. The van der Waals surface area contributed by atoms with Crippen molar-refractivity contribution >= 4 is 22.5 Å². The number of hydrogen-bond donors (Lipinski definition) is 1. The van der Waals surface area contributed by atoms with Gasteiger partial charge in [0.1, 0.15) is 11.5 Å². The molecular weight excluding hydrogens is 431 g/mol. The molecule has 3 aromatic rings. The number of rotatable bonds is 4. The van der Waals surface area contributed by atoms with Crippen molar-refractivity contribution in [1.29, 1.82) is 5.26 Å². The first kappa shape index (κ1) is 20.2. The summed E-state index contributed by atoms with van der Waals surface area (Å²) in [6.45, 7) is 0. The van der Waals surface area contributed by atoms with E-state index >= 15 is 0 Å². The van der Waals surface area contributed by atoms with Crippen LogP contribution in [0.5, 0.6) is 0 Å². The minimum Gasteiger partial charge on any atom is -0.310 e. The zero-order valence-corrected chi connectivity index (χ0v) is 17.8. The second-order valence-corrected chi connectivity index (χ2v) is 9.61. The van der Waals surface area contributed by atoms with E-state index in [1.165, 1.54) is 13.2 Å². The van der Waals surface area contributed by atoms with Crippen molar-refractivity contribution < 1.29 is 18.0 Å². The number of aromatic nitrogens is 3. The van der Waals surface area contributed by atoms with Crippen molar-refractivity contribution in [2.75, 3.05) is 5.32 Å². The molecule has 3 fully saturated rings. The van der Waals surface area contributed by atoms with Gasteiger partial charge in [-0.1, -0.05) is 12.1 Å². The molecule has 1 N–H and O–H groups in total. The second kappa shape index (κ2) is 6.34. The van der Waals surface area contributed by atoms with Crippen LogP contribution in [0, 0.1) is 22.7 Å². The Labute approximate surface area is 187 Å². The first-order valence-corrected chi connectivity index (χ1v) is 10.9. The summed E-state index contributed by atoms with van der Waals surface area (Å²) in [6.07, 6.45) is 1.74. The summed E-state index contributed by atoms with van der Waals surface area (Å²) in [7, 11) is 1.25. The van der Waals surface area contributed by atoms with Gasteiger partial charge in [-0.05, 0) is 60.1 Å². The summed E-state index contributed by atoms with van der Waals surface area (Å²) in [5, 5.41) is 18.1. The van der Waals surface area contributed by atoms with Gasteiger partial charge in [0.25, 0.3) is 0 Å². The Bertz CT molecular complexity index is 1370. The maximum atomic E-state index is 13.4. The molecule has 1 spiro atoms. The molecule has 0 radical (unpaired) electrons. The predicted octanol–water partition coefficient (Wildman–Crippen LogP) is 4.67. The van der Waals surface area contributed by atoms with Gasteiger partial charge in [0, 0.05) is 30.1 Å². The Hall–Kier alpha value is -3.41. The number of carbonyl (C=O) groups excluding carboxylic acids is 1. The smallest absolute Gasteiger partial charge is 0.310 e. The number of halogens is 3. The number of amides is 1. The Balaban J connectivity index is 1.22. The van der Waals surface area contributed by atoms with Gasteiger partial charge in [-0.3, -0.25) is 9.48 Å². The molecule has 3 atom stereocenters. The molecule has 0 bridgehead atoms. The van der Waals surface area contributed by atoms with Crippen LogP contribution in [0.2, 0.25) is 0 Å². The summed E-state index contributed by atoms with van der Waals surface area (Å²) in [4.78, 5) is 17.0. The Kier molecular flexibility index (Phi) is 3.88. The number of nitrogens with zero attached hydrogens (tertiary/aromatic N) is 4. The maximum Gasteiger partial charge on any atom is 0.433 e. The van der Waals surface area contributed by atoms with E-state index in [0.717, 1.165) is 40.3 Å². The number of nitrogens with one attached hydrogen (secondary N) is 1. The van der Waals surface area contributed by atoms with E-state index in [9.17, 15) is 23.2 Å². The van der Waals surface area contributed by atoms with Crippen LogP contribution in [0.1, 0.15) is 48.4 Å². The van der Waals surface area contributed by atoms with Gasteiger partial charge in [-0.25, -0.2) is 4.98 Å². The summed E-state index contributed by atoms with van der Waals surface area (Å²) in [6, 6.07) is 10.2. The van der Waals surface area contributed by atoms with Crippen molar-refractivity contribution in [1.82, 2.24) is 14.8 Å². The number of benzene rings is 1. The lowest BCUT2D eigenvalue weighted by atomic mass is 9.92. The number of anilines is 1. The lowest BCUT2D eigenvalue weighted by Crippen LogP contribution is -2.17. The van der Waals surface area contributed by atoms with Gasteiger partial charge in [-0.2, -0.15) is 23.5 Å². The molecule has 3 aliphatic carbocycles. The van der Waals surface area contributed by atoms with Crippen LogP contribution in [-0.2, 0) is 23.4 Å². The van der Waals surface area contributed by atoms with E-state index < -0.39 is 29.1 Å². The van der Waals surface area contributed by atoms with Crippen molar-refractivity contribution in [3.8, 4) is 6.07 Å². The van der Waals surface area contributed by atoms with Crippen molar-refractivity contribution in [3.63, 3.8) is 0 Å². The topological polar surface area (TPSA) is 83.6 Å². The molecule has 2 aromatic heterocycles. The van der Waals surface area contributed by atoms with Gasteiger partial charge in [-0.15, -0.1) is 0 Å². The van der Waals surface area contributed by atoms with E-state index in [4.69, 9.17) is 0 Å². The van der Waals surface area contributed by atoms with Crippen molar-refractivity contribution in [2.45, 2.75) is 43.2 Å². The third-order valence-electron chi connectivity index (χ3n) is 7.66. The largest absolute Gasteiger partial charge is 0.433 e. The fourth-order valence-corrected chi connectivity index (χ4v) is 5.44. The highest BCUT2D eigenvalue weighted by molar-refractivity contribution is 5.96. The van der Waals surface area contributed by atoms with E-state index in [1.54, 1.807) is 12.3 Å². The van der Waals surface area contributed by atoms with Crippen molar-refractivity contribution in [3.05, 3.63) is 53.5 Å². The third-order valence-corrected chi connectivity index (χ3v) is 7.66. The fourth-order valence-electron chi connectivity index (χ4n) is 5.44. The van der Waals surface area contributed by atoms with E-state index in [0.29, 0.717) is 12.2 Å². The number of pyridine rings is 1. The zero-order valence-electron chi connectivity index (χ0n) is 17.8. The van der Waals surface area contributed by atoms with Crippen LogP contribution in [0.25, 0.3) is 10.8 Å². The molecular formula is C24H20F3N5O. The van der Waals surface area contributed by atoms with Crippen LogP contribution in [0.3, 0.4) is 0 Å². The highest BCUT2D eigenvalue weighted by Gasteiger charge is 2.75. The summed E-state index contributed by atoms with van der Waals surface area (Å²) in [5.41, 5.74) is -0.00515. The van der Waals surface area contributed by atoms with Crippen LogP contribution in [0.4, 0.5) is 19.0 Å². The van der Waals surface area contributed by atoms with Gasteiger partial charge < -0.3 is 5.32 Å². The minimum absolute atomic E-state index is 0.0569. The predicted molar refractivity (Wildman–Crippen MR) is 113 cm³/mol. The highest BCUT2D eigenvalue weighted by atomic mass is 19.4. The molecule has 1 aromatic carbocycles. The highest BCUT2D eigenvalue weighted by Crippen LogP contribution is 2.78. The molecule has 33 heavy (non-hydrogen) atoms. The Morgan fingerprint density at radius 1 is 1.24 bits per heavy atom. The zero-order chi connectivity index (χ0) is 23.2. The SMILES string of the molecule is Cn1ncc([C@@H]2C[C@H]2C(=O)Nc2cc3cc([C@]4(C#N)CC45CC5)ccc3cn2)c1C(F)(F)F. The number of fused-ring (bicyclic) bond motifs is 1. The first-order chi connectivity index (χ1) is 15.7. The number of aryl methyl sites for hydroxylation is 1. The molecule has 2 heterocycles. The lowest BCUT2D eigenvalue weighted by Gasteiger charge is -2.11. The number of alkyl halides is 3. The molecule has 3 aliphatic rings. The second-order valence-electron chi connectivity index (χ2n) is 9.61. The van der Waals surface area contributed by atoms with Crippen LogP contribution in [0.15, 0.2) is 36.7 Å². The van der Waals surface area contributed by atoms with Gasteiger partial charge >= 0.3 is 6.18 Å². The standard InChI is InChI=1S/C24H20F3N5O/c1-32-20(24(25,26)27)18(10-30-32)16-8-17(16)21(33)31-19-7-14-6-15(3-2-13(14)9-29-19)23(12-28)11-22(23)4-5-22/h2-3,6-7,9-10,16-17H,4-5,8,11H2,1H3,(H,29,31,33)/t16-,17-,23-/m1/s1. The molecule has 6 rings (SSSR count). The molecule has 0 saturated heterocycles. The Morgan fingerprint density at radius 2 is 2.03 bits per heavy atom. The summed E-state index contributed by atoms with van der Waals surface area (Å²) < 4.78 is 40.9. The quantitative estimate of drug-likeness (QED) is 0.625. The first-order valence-electron chi connectivity index (χ1n) is 10.9.